The van der Waals surface area contributed by atoms with Gasteiger partial charge in [0.15, 0.2) is 0 Å². The number of rotatable bonds is 3. The van der Waals surface area contributed by atoms with Gasteiger partial charge in [-0.3, -0.25) is 9.59 Å². The van der Waals surface area contributed by atoms with Gasteiger partial charge < -0.3 is 9.26 Å². The van der Waals surface area contributed by atoms with E-state index in [9.17, 15) is 9.59 Å². The summed E-state index contributed by atoms with van der Waals surface area (Å²) in [4.78, 5) is 21.9. The quantitative estimate of drug-likeness (QED) is 0.392. The minimum atomic E-state index is -0.584. The maximum atomic E-state index is 11.2. The van der Waals surface area contributed by atoms with Gasteiger partial charge in [0, 0.05) is 6.07 Å². The predicted molar refractivity (Wildman–Crippen MR) is 42.2 cm³/mol. The standard InChI is InChI=1S/C8H9NO4/c1-5-3-7(13-9-5)6(10)4-8(11)12-2/h3H,4H2,1-2H3. The van der Waals surface area contributed by atoms with Crippen LogP contribution in [0.1, 0.15) is 22.7 Å². The second-order valence-electron chi connectivity index (χ2n) is 2.51. The van der Waals surface area contributed by atoms with E-state index in [0.717, 1.165) is 0 Å². The number of methoxy groups -OCH3 is 1. The number of ketones is 1. The van der Waals surface area contributed by atoms with Gasteiger partial charge >= 0.3 is 5.97 Å². The third-order valence-corrected chi connectivity index (χ3v) is 1.44. The second-order valence-corrected chi connectivity index (χ2v) is 2.51. The van der Waals surface area contributed by atoms with Crippen molar-refractivity contribution in [3.8, 4) is 0 Å². The highest BCUT2D eigenvalue weighted by atomic mass is 16.5. The molecule has 70 valence electrons. The van der Waals surface area contributed by atoms with Crippen molar-refractivity contribution in [1.82, 2.24) is 5.16 Å². The zero-order chi connectivity index (χ0) is 9.84. The van der Waals surface area contributed by atoms with Crippen molar-refractivity contribution >= 4 is 11.8 Å². The van der Waals surface area contributed by atoms with E-state index in [2.05, 4.69) is 14.4 Å². The third kappa shape index (κ3) is 2.40. The van der Waals surface area contributed by atoms with Crippen molar-refractivity contribution in [3.05, 3.63) is 17.5 Å². The van der Waals surface area contributed by atoms with E-state index >= 15 is 0 Å². The first-order valence-corrected chi connectivity index (χ1v) is 3.67. The molecule has 0 atom stereocenters. The third-order valence-electron chi connectivity index (χ3n) is 1.44. The maximum Gasteiger partial charge on any atom is 0.313 e. The number of hydrogen-bond acceptors (Lipinski definition) is 5. The topological polar surface area (TPSA) is 69.4 Å². The lowest BCUT2D eigenvalue weighted by Crippen LogP contribution is -2.08. The number of aryl methyl sites for hydroxylation is 1. The summed E-state index contributed by atoms with van der Waals surface area (Å²) in [7, 11) is 1.22. The predicted octanol–water partition coefficient (Wildman–Crippen LogP) is 0.729. The summed E-state index contributed by atoms with van der Waals surface area (Å²) in [5.74, 6) is -0.922. The van der Waals surface area contributed by atoms with Gasteiger partial charge in [-0.2, -0.15) is 0 Å². The molecule has 1 rings (SSSR count). The van der Waals surface area contributed by atoms with E-state index in [4.69, 9.17) is 0 Å². The molecule has 0 amide bonds. The van der Waals surface area contributed by atoms with E-state index in [1.54, 1.807) is 6.92 Å². The second kappa shape index (κ2) is 3.84. The van der Waals surface area contributed by atoms with Crippen molar-refractivity contribution in [2.45, 2.75) is 13.3 Å². The minimum absolute atomic E-state index is 0.0860. The first-order valence-electron chi connectivity index (χ1n) is 3.67. The molecule has 1 aromatic rings. The summed E-state index contributed by atoms with van der Waals surface area (Å²) in [6.45, 7) is 1.69. The van der Waals surface area contributed by atoms with Gasteiger partial charge in [0.25, 0.3) is 0 Å². The van der Waals surface area contributed by atoms with Crippen LogP contribution in [0, 0.1) is 6.92 Å². The molecule has 0 aliphatic heterocycles. The summed E-state index contributed by atoms with van der Waals surface area (Å²) in [5.41, 5.74) is 0.605. The van der Waals surface area contributed by atoms with Crippen molar-refractivity contribution in [3.63, 3.8) is 0 Å². The summed E-state index contributed by atoms with van der Waals surface area (Å²) >= 11 is 0. The van der Waals surface area contributed by atoms with Crippen molar-refractivity contribution in [1.29, 1.82) is 0 Å². The molecule has 13 heavy (non-hydrogen) atoms. The van der Waals surface area contributed by atoms with Crippen molar-refractivity contribution in [2.24, 2.45) is 0 Å². The Morgan fingerprint density at radius 2 is 2.31 bits per heavy atom. The van der Waals surface area contributed by atoms with Crippen LogP contribution in [0.4, 0.5) is 0 Å². The van der Waals surface area contributed by atoms with E-state index in [1.807, 2.05) is 0 Å². The highest BCUT2D eigenvalue weighted by molar-refractivity contribution is 6.04. The lowest BCUT2D eigenvalue weighted by atomic mass is 10.2. The summed E-state index contributed by atoms with van der Waals surface area (Å²) in [5, 5.41) is 3.52. The summed E-state index contributed by atoms with van der Waals surface area (Å²) < 4.78 is 8.99. The minimum Gasteiger partial charge on any atom is -0.469 e. The largest absolute Gasteiger partial charge is 0.469 e. The Balaban J connectivity index is 2.64. The Kier molecular flexibility index (Phi) is 2.79. The van der Waals surface area contributed by atoms with E-state index in [1.165, 1.54) is 13.2 Å². The lowest BCUT2D eigenvalue weighted by molar-refractivity contribution is -0.139. The molecule has 1 heterocycles. The van der Waals surface area contributed by atoms with Crippen molar-refractivity contribution < 1.29 is 18.8 Å². The molecule has 0 radical (unpaired) electrons. The molecule has 0 saturated heterocycles. The molecule has 0 saturated carbocycles. The van der Waals surface area contributed by atoms with E-state index in [-0.39, 0.29) is 12.2 Å². The lowest BCUT2D eigenvalue weighted by Gasteiger charge is -1.94. The molecule has 0 aliphatic rings. The number of carbonyl (C=O) groups is 2. The SMILES string of the molecule is COC(=O)CC(=O)c1cc(C)no1. The zero-order valence-electron chi connectivity index (χ0n) is 7.36. The Morgan fingerprint density at radius 3 is 2.77 bits per heavy atom. The van der Waals surface area contributed by atoms with Crippen LogP contribution >= 0.6 is 0 Å². The van der Waals surface area contributed by atoms with Crippen LogP contribution in [-0.2, 0) is 9.53 Å². The molecule has 0 unspecified atom stereocenters. The van der Waals surface area contributed by atoms with Gasteiger partial charge in [0.05, 0.1) is 12.8 Å². The highest BCUT2D eigenvalue weighted by Crippen LogP contribution is 2.05. The fourth-order valence-corrected chi connectivity index (χ4v) is 0.785. The first kappa shape index (κ1) is 9.44. The Labute approximate surface area is 74.7 Å². The molecule has 1 aromatic heterocycles. The van der Waals surface area contributed by atoms with Gasteiger partial charge in [-0.25, -0.2) is 0 Å². The monoisotopic (exact) mass is 183 g/mol. The van der Waals surface area contributed by atoms with Crippen LogP contribution in [0.25, 0.3) is 0 Å². The van der Waals surface area contributed by atoms with Crippen molar-refractivity contribution in [2.75, 3.05) is 7.11 Å². The highest BCUT2D eigenvalue weighted by Gasteiger charge is 2.15. The Hall–Kier alpha value is -1.65. The summed E-state index contributed by atoms with van der Waals surface area (Å²) in [6, 6.07) is 1.48. The van der Waals surface area contributed by atoms with Gasteiger partial charge in [0.1, 0.15) is 6.42 Å². The number of esters is 1. The van der Waals surface area contributed by atoms with Gasteiger partial charge in [-0.1, -0.05) is 5.16 Å². The van der Waals surface area contributed by atoms with Crippen LogP contribution < -0.4 is 0 Å². The Morgan fingerprint density at radius 1 is 1.62 bits per heavy atom. The van der Waals surface area contributed by atoms with Crippen LogP contribution in [0.15, 0.2) is 10.6 Å². The molecular formula is C8H9NO4. The molecule has 0 aromatic carbocycles. The molecule has 0 N–H and O–H groups in total. The molecule has 5 nitrogen and oxygen atoms in total. The average Bonchev–Trinajstić information content (AvgIpc) is 2.51. The molecule has 0 spiro atoms. The fraction of sp³-hybridized carbons (Fsp3) is 0.375. The number of hydrogen-bond donors (Lipinski definition) is 0. The molecule has 0 bridgehead atoms. The number of aromatic nitrogens is 1. The first-order chi connectivity index (χ1) is 6.13. The van der Waals surface area contributed by atoms with Crippen LogP contribution in [0.2, 0.25) is 0 Å². The molecule has 0 fully saturated rings. The maximum absolute atomic E-state index is 11.2. The average molecular weight is 183 g/mol. The van der Waals surface area contributed by atoms with Gasteiger partial charge in [0.2, 0.25) is 11.5 Å². The van der Waals surface area contributed by atoms with Crippen LogP contribution in [0.5, 0.6) is 0 Å². The summed E-state index contributed by atoms with van der Waals surface area (Å²) in [6.07, 6.45) is -0.314. The molecule has 5 heteroatoms. The number of nitrogens with zero attached hydrogens (tertiary/aromatic N) is 1. The normalized spacial score (nSPS) is 9.69. The number of ether oxygens (including phenoxy) is 1. The van der Waals surface area contributed by atoms with Crippen LogP contribution in [0.3, 0.4) is 0 Å². The van der Waals surface area contributed by atoms with Gasteiger partial charge in [-0.15, -0.1) is 0 Å². The fourth-order valence-electron chi connectivity index (χ4n) is 0.785. The van der Waals surface area contributed by atoms with Gasteiger partial charge in [-0.05, 0) is 6.92 Å². The van der Waals surface area contributed by atoms with E-state index < -0.39 is 11.8 Å². The molecular weight excluding hydrogens is 174 g/mol. The zero-order valence-corrected chi connectivity index (χ0v) is 7.36. The number of Topliss-reactive ketones (excluding diaryl/α,β-unsaturated/α-hetero) is 1. The van der Waals surface area contributed by atoms with E-state index in [0.29, 0.717) is 5.69 Å². The Bertz CT molecular complexity index is 329. The van der Waals surface area contributed by atoms with Crippen LogP contribution in [-0.4, -0.2) is 24.0 Å². The molecule has 0 aliphatic carbocycles. The number of carbonyl (C=O) groups excluding carboxylic acids is 2. The smallest absolute Gasteiger partial charge is 0.313 e.